The number of H-pyrrole nitrogens is 1. The van der Waals surface area contributed by atoms with Gasteiger partial charge in [-0.15, -0.1) is 0 Å². The summed E-state index contributed by atoms with van der Waals surface area (Å²) >= 11 is 0. The summed E-state index contributed by atoms with van der Waals surface area (Å²) in [4.78, 5) is 11.7. The Hall–Kier alpha value is -2.44. The molecule has 0 unspecified atom stereocenters. The second kappa shape index (κ2) is 8.76. The molecule has 0 atom stereocenters. The van der Waals surface area contributed by atoms with Crippen molar-refractivity contribution in [2.75, 3.05) is 13.2 Å². The third-order valence-corrected chi connectivity index (χ3v) is 3.11. The molecule has 0 aliphatic rings. The fourth-order valence-corrected chi connectivity index (χ4v) is 1.97. The number of nitrogens with zero attached hydrogens (tertiary/aromatic N) is 3. The van der Waals surface area contributed by atoms with Gasteiger partial charge in [0.25, 0.3) is 0 Å². The summed E-state index contributed by atoms with van der Waals surface area (Å²) in [5, 5.41) is 13.0. The number of carbonyl (C=O) groups is 1. The van der Waals surface area contributed by atoms with Crippen LogP contribution in [0.15, 0.2) is 30.7 Å². The zero-order valence-electron chi connectivity index (χ0n) is 12.8. The summed E-state index contributed by atoms with van der Waals surface area (Å²) in [6.45, 7) is 4.05. The second-order valence-corrected chi connectivity index (χ2v) is 4.93. The van der Waals surface area contributed by atoms with Crippen LogP contribution in [0.25, 0.3) is 0 Å². The highest BCUT2D eigenvalue weighted by Gasteiger charge is 2.04. The van der Waals surface area contributed by atoms with Gasteiger partial charge < -0.3 is 10.1 Å². The Balaban J connectivity index is 1.60. The van der Waals surface area contributed by atoms with Gasteiger partial charge in [0.1, 0.15) is 12.3 Å². The zero-order valence-corrected chi connectivity index (χ0v) is 12.8. The summed E-state index contributed by atoms with van der Waals surface area (Å²) in [5.74, 6) is 0.753. The minimum atomic E-state index is -0.0273. The Kier molecular flexibility index (Phi) is 6.35. The second-order valence-electron chi connectivity index (χ2n) is 4.93. The van der Waals surface area contributed by atoms with E-state index in [0.29, 0.717) is 26.0 Å². The van der Waals surface area contributed by atoms with Crippen LogP contribution in [0.1, 0.15) is 25.5 Å². The molecule has 118 valence electrons. The van der Waals surface area contributed by atoms with Crippen LogP contribution < -0.4 is 14.6 Å². The van der Waals surface area contributed by atoms with Gasteiger partial charge in [-0.1, -0.05) is 6.92 Å². The van der Waals surface area contributed by atoms with Crippen molar-refractivity contribution in [2.45, 2.75) is 32.7 Å². The Labute approximate surface area is 129 Å². The molecule has 2 aromatic rings. The molecule has 0 aromatic carbocycles. The number of rotatable bonds is 9. The number of hydrogen-bond donors (Lipinski definition) is 2. The summed E-state index contributed by atoms with van der Waals surface area (Å²) < 4.78 is 7.66. The molecule has 0 aliphatic carbocycles. The molecule has 1 amide bonds. The Morgan fingerprint density at radius 3 is 2.91 bits per heavy atom. The van der Waals surface area contributed by atoms with Gasteiger partial charge in [0.15, 0.2) is 12.4 Å². The molecule has 0 fully saturated rings. The van der Waals surface area contributed by atoms with Gasteiger partial charge in [-0.25, -0.2) is 4.57 Å². The minimum absolute atomic E-state index is 0.0273. The standard InChI is InChI=1S/C15H21N5O2/c1-2-8-20-9-4-14(5-10-20)22-11-6-15(21)16-7-3-13-12-17-19-18-13/h4-5,9-10,12H,2-3,6-8,11H2,1H3,(H-,16,17,18,19,21)/p+1. The summed E-state index contributed by atoms with van der Waals surface area (Å²) in [7, 11) is 0. The average molecular weight is 304 g/mol. The summed E-state index contributed by atoms with van der Waals surface area (Å²) in [5.41, 5.74) is 0.834. The largest absolute Gasteiger partial charge is 0.493 e. The van der Waals surface area contributed by atoms with E-state index in [9.17, 15) is 4.79 Å². The van der Waals surface area contributed by atoms with Crippen molar-refractivity contribution in [2.24, 2.45) is 0 Å². The zero-order chi connectivity index (χ0) is 15.6. The number of hydrogen-bond acceptors (Lipinski definition) is 4. The first-order chi connectivity index (χ1) is 10.8. The van der Waals surface area contributed by atoms with Crippen LogP contribution in [0.2, 0.25) is 0 Å². The lowest BCUT2D eigenvalue weighted by Gasteiger charge is -2.06. The van der Waals surface area contributed by atoms with E-state index in [1.165, 1.54) is 0 Å². The maximum Gasteiger partial charge on any atom is 0.223 e. The van der Waals surface area contributed by atoms with Crippen LogP contribution in [-0.2, 0) is 17.8 Å². The van der Waals surface area contributed by atoms with Crippen molar-refractivity contribution < 1.29 is 14.1 Å². The SMILES string of the molecule is CCC[n+]1ccc(OCCC(=O)NCCc2cn[nH]n2)cc1. The van der Waals surface area contributed by atoms with Crippen LogP contribution in [-0.4, -0.2) is 34.5 Å². The van der Waals surface area contributed by atoms with Crippen molar-refractivity contribution in [3.05, 3.63) is 36.4 Å². The quantitative estimate of drug-likeness (QED) is 0.666. The molecule has 0 radical (unpaired) electrons. The number of amides is 1. The molecule has 0 aliphatic heterocycles. The molecule has 2 rings (SSSR count). The van der Waals surface area contributed by atoms with E-state index in [-0.39, 0.29) is 5.91 Å². The fraction of sp³-hybridized carbons (Fsp3) is 0.467. The van der Waals surface area contributed by atoms with Gasteiger partial charge in [-0.3, -0.25) is 4.79 Å². The molecule has 2 aromatic heterocycles. The van der Waals surface area contributed by atoms with E-state index in [1.807, 2.05) is 24.5 Å². The lowest BCUT2D eigenvalue weighted by molar-refractivity contribution is -0.697. The minimum Gasteiger partial charge on any atom is -0.493 e. The average Bonchev–Trinajstić information content (AvgIpc) is 3.03. The van der Waals surface area contributed by atoms with Crippen LogP contribution in [0.4, 0.5) is 0 Å². The number of carbonyl (C=O) groups excluding carboxylic acids is 1. The van der Waals surface area contributed by atoms with Gasteiger partial charge >= 0.3 is 0 Å². The monoisotopic (exact) mass is 304 g/mol. The topological polar surface area (TPSA) is 83.8 Å². The Bertz CT molecular complexity index is 554. The molecule has 7 heteroatoms. The molecule has 0 spiro atoms. The van der Waals surface area contributed by atoms with Gasteiger partial charge in [0, 0.05) is 31.5 Å². The predicted octanol–water partition coefficient (Wildman–Crippen LogP) is 0.630. The summed E-state index contributed by atoms with van der Waals surface area (Å²) in [6.07, 6.45) is 7.71. The molecule has 0 bridgehead atoms. The van der Waals surface area contributed by atoms with Crippen LogP contribution >= 0.6 is 0 Å². The highest BCUT2D eigenvalue weighted by atomic mass is 16.5. The highest BCUT2D eigenvalue weighted by molar-refractivity contribution is 5.75. The van der Waals surface area contributed by atoms with E-state index < -0.39 is 0 Å². The van der Waals surface area contributed by atoms with Crippen molar-refractivity contribution in [3.8, 4) is 5.75 Å². The third-order valence-electron chi connectivity index (χ3n) is 3.11. The first kappa shape index (κ1) is 15.9. The van der Waals surface area contributed by atoms with Gasteiger partial charge in [0.05, 0.1) is 24.9 Å². The van der Waals surface area contributed by atoms with Crippen molar-refractivity contribution in [3.63, 3.8) is 0 Å². The van der Waals surface area contributed by atoms with Gasteiger partial charge in [-0.2, -0.15) is 15.4 Å². The summed E-state index contributed by atoms with van der Waals surface area (Å²) in [6, 6.07) is 3.83. The number of ether oxygens (including phenoxy) is 1. The van der Waals surface area contributed by atoms with E-state index in [0.717, 1.165) is 24.4 Å². The lowest BCUT2D eigenvalue weighted by atomic mass is 10.3. The van der Waals surface area contributed by atoms with Crippen molar-refractivity contribution in [1.29, 1.82) is 0 Å². The van der Waals surface area contributed by atoms with Gasteiger partial charge in [-0.05, 0) is 0 Å². The van der Waals surface area contributed by atoms with Crippen molar-refractivity contribution in [1.82, 2.24) is 20.7 Å². The molecular weight excluding hydrogens is 282 g/mol. The maximum absolute atomic E-state index is 11.7. The number of aryl methyl sites for hydroxylation is 1. The van der Waals surface area contributed by atoms with E-state index in [1.54, 1.807) is 6.20 Å². The highest BCUT2D eigenvalue weighted by Crippen LogP contribution is 2.06. The van der Waals surface area contributed by atoms with Gasteiger partial charge in [0.2, 0.25) is 5.91 Å². The van der Waals surface area contributed by atoms with Crippen LogP contribution in [0.5, 0.6) is 5.75 Å². The number of aromatic nitrogens is 4. The molecule has 2 N–H and O–H groups in total. The smallest absolute Gasteiger partial charge is 0.223 e. The lowest BCUT2D eigenvalue weighted by Crippen LogP contribution is -2.32. The molecule has 2 heterocycles. The normalized spacial score (nSPS) is 10.4. The molecule has 0 saturated heterocycles. The molecule has 0 saturated carbocycles. The molecular formula is C15H22N5O2+. The first-order valence-electron chi connectivity index (χ1n) is 7.51. The van der Waals surface area contributed by atoms with E-state index in [4.69, 9.17) is 4.74 Å². The van der Waals surface area contributed by atoms with Crippen molar-refractivity contribution >= 4 is 5.91 Å². The third kappa shape index (κ3) is 5.51. The Morgan fingerprint density at radius 1 is 1.41 bits per heavy atom. The number of aromatic amines is 1. The van der Waals surface area contributed by atoms with E-state index >= 15 is 0 Å². The number of nitrogens with one attached hydrogen (secondary N) is 2. The predicted molar refractivity (Wildman–Crippen MR) is 80.1 cm³/mol. The molecule has 22 heavy (non-hydrogen) atoms. The fourth-order valence-electron chi connectivity index (χ4n) is 1.97. The van der Waals surface area contributed by atoms with Crippen LogP contribution in [0.3, 0.4) is 0 Å². The van der Waals surface area contributed by atoms with E-state index in [2.05, 4.69) is 32.2 Å². The maximum atomic E-state index is 11.7. The Morgan fingerprint density at radius 2 is 2.23 bits per heavy atom. The molecule has 7 nitrogen and oxygen atoms in total. The first-order valence-corrected chi connectivity index (χ1v) is 7.51. The number of pyridine rings is 1. The van der Waals surface area contributed by atoms with Crippen LogP contribution in [0, 0.1) is 0 Å².